The summed E-state index contributed by atoms with van der Waals surface area (Å²) in [6.07, 6.45) is 0. The average molecular weight is 322 g/mol. The Kier molecular flexibility index (Phi) is 4.96. The summed E-state index contributed by atoms with van der Waals surface area (Å²) in [6.45, 7) is 1.15. The maximum Gasteiger partial charge on any atom is 0.335 e. The van der Waals surface area contributed by atoms with Gasteiger partial charge in [-0.2, -0.15) is 0 Å². The Balaban J connectivity index is 3.10. The molecule has 0 saturated carbocycles. The van der Waals surface area contributed by atoms with Crippen LogP contribution in [-0.2, 0) is 19.6 Å². The largest absolute Gasteiger partial charge is 0.478 e. The van der Waals surface area contributed by atoms with Crippen molar-refractivity contribution >= 4 is 39.3 Å². The topological polar surface area (TPSA) is 110 Å². The van der Waals surface area contributed by atoms with E-state index in [0.717, 1.165) is 20.1 Å². The van der Waals surface area contributed by atoms with Gasteiger partial charge >= 0.3 is 11.9 Å². The fourth-order valence-electron chi connectivity index (χ4n) is 1.32. The van der Waals surface area contributed by atoms with Gasteiger partial charge in [-0.25, -0.2) is 13.2 Å². The molecule has 1 aromatic carbocycles. The number of carbonyl (C=O) groups excluding carboxylic acids is 1. The molecule has 0 heterocycles. The normalized spacial score (nSPS) is 12.6. The van der Waals surface area contributed by atoms with Crippen LogP contribution in [0, 0.1) is 0 Å². The molecule has 1 unspecified atom stereocenters. The van der Waals surface area contributed by atoms with E-state index in [2.05, 4.69) is 9.46 Å². The monoisotopic (exact) mass is 321 g/mol. The van der Waals surface area contributed by atoms with Crippen molar-refractivity contribution < 1.29 is 27.9 Å². The minimum Gasteiger partial charge on any atom is -0.478 e. The van der Waals surface area contributed by atoms with E-state index < -0.39 is 27.2 Å². The van der Waals surface area contributed by atoms with Gasteiger partial charge in [-0.15, -0.1) is 0 Å². The summed E-state index contributed by atoms with van der Waals surface area (Å²) in [6, 6.07) is 3.50. The van der Waals surface area contributed by atoms with Gasteiger partial charge in [0.1, 0.15) is 0 Å². The van der Waals surface area contributed by atoms with Gasteiger partial charge in [-0.3, -0.25) is 9.52 Å². The lowest BCUT2D eigenvalue weighted by Gasteiger charge is -2.13. The zero-order valence-electron chi connectivity index (χ0n) is 10.6. The van der Waals surface area contributed by atoms with E-state index in [4.69, 9.17) is 16.7 Å². The molecular formula is C11H12ClNO6S. The van der Waals surface area contributed by atoms with Crippen LogP contribution in [0.15, 0.2) is 18.2 Å². The van der Waals surface area contributed by atoms with E-state index in [-0.39, 0.29) is 16.3 Å². The Hall–Kier alpha value is -1.80. The van der Waals surface area contributed by atoms with Gasteiger partial charge in [0.2, 0.25) is 10.0 Å². The number of aromatic carboxylic acids is 1. The first kappa shape index (κ1) is 16.3. The van der Waals surface area contributed by atoms with Crippen molar-refractivity contribution in [2.24, 2.45) is 0 Å². The number of halogens is 1. The standard InChI is InChI=1S/C11H12ClNO6S/c1-6(11(16)19-2)20(17,18)13-9-4-7(10(14)15)3-8(12)5-9/h3-6,13H,1-2H3,(H,14,15). The van der Waals surface area contributed by atoms with Gasteiger partial charge in [0.15, 0.2) is 5.25 Å². The third-order valence-electron chi connectivity index (χ3n) is 2.40. The quantitative estimate of drug-likeness (QED) is 0.792. The molecule has 0 amide bonds. The number of carbonyl (C=O) groups is 2. The van der Waals surface area contributed by atoms with Crippen LogP contribution in [0.2, 0.25) is 5.02 Å². The van der Waals surface area contributed by atoms with Crippen LogP contribution in [0.25, 0.3) is 0 Å². The second kappa shape index (κ2) is 6.10. The molecule has 110 valence electrons. The number of ether oxygens (including phenoxy) is 1. The van der Waals surface area contributed by atoms with E-state index in [1.165, 1.54) is 12.1 Å². The number of methoxy groups -OCH3 is 1. The highest BCUT2D eigenvalue weighted by Crippen LogP contribution is 2.21. The van der Waals surface area contributed by atoms with Crippen LogP contribution >= 0.6 is 11.6 Å². The van der Waals surface area contributed by atoms with Crippen molar-refractivity contribution in [3.63, 3.8) is 0 Å². The Morgan fingerprint density at radius 1 is 1.35 bits per heavy atom. The SMILES string of the molecule is COC(=O)C(C)S(=O)(=O)Nc1cc(Cl)cc(C(=O)O)c1. The van der Waals surface area contributed by atoms with Crippen LogP contribution in [0.1, 0.15) is 17.3 Å². The van der Waals surface area contributed by atoms with Crippen LogP contribution in [-0.4, -0.2) is 37.8 Å². The number of carboxylic acid groups (broad SMARTS) is 1. The number of nitrogens with one attached hydrogen (secondary N) is 1. The van der Waals surface area contributed by atoms with Gasteiger partial charge in [-0.1, -0.05) is 11.6 Å². The second-order valence-corrected chi connectivity index (χ2v) is 6.28. The molecule has 0 saturated heterocycles. The first-order valence-corrected chi connectivity index (χ1v) is 7.23. The zero-order chi connectivity index (χ0) is 15.5. The predicted molar refractivity (Wildman–Crippen MR) is 72.4 cm³/mol. The van der Waals surface area contributed by atoms with Gasteiger partial charge in [0.25, 0.3) is 0 Å². The molecule has 9 heteroatoms. The van der Waals surface area contributed by atoms with Crippen molar-refractivity contribution in [1.29, 1.82) is 0 Å². The molecule has 0 spiro atoms. The minimum atomic E-state index is -4.06. The molecule has 7 nitrogen and oxygen atoms in total. The van der Waals surface area contributed by atoms with Crippen molar-refractivity contribution in [3.8, 4) is 0 Å². The third-order valence-corrected chi connectivity index (χ3v) is 4.27. The van der Waals surface area contributed by atoms with Gasteiger partial charge in [-0.05, 0) is 25.1 Å². The van der Waals surface area contributed by atoms with E-state index >= 15 is 0 Å². The van der Waals surface area contributed by atoms with Crippen LogP contribution in [0.4, 0.5) is 5.69 Å². The Labute approximate surface area is 120 Å². The number of carboxylic acids is 1. The Morgan fingerprint density at radius 3 is 2.45 bits per heavy atom. The van der Waals surface area contributed by atoms with Crippen molar-refractivity contribution in [2.45, 2.75) is 12.2 Å². The predicted octanol–water partition coefficient (Wildman–Crippen LogP) is 1.34. The van der Waals surface area contributed by atoms with E-state index in [1.807, 2.05) is 0 Å². The molecule has 0 fully saturated rings. The minimum absolute atomic E-state index is 0.0494. The number of rotatable bonds is 5. The van der Waals surface area contributed by atoms with Gasteiger partial charge < -0.3 is 9.84 Å². The number of anilines is 1. The molecule has 1 aromatic rings. The first-order chi connectivity index (χ1) is 9.17. The summed E-state index contributed by atoms with van der Waals surface area (Å²) in [7, 11) is -2.99. The number of benzene rings is 1. The highest BCUT2D eigenvalue weighted by Gasteiger charge is 2.29. The summed E-state index contributed by atoms with van der Waals surface area (Å²) in [5.41, 5.74) is -0.230. The van der Waals surface area contributed by atoms with Crippen LogP contribution < -0.4 is 4.72 Å². The summed E-state index contributed by atoms with van der Waals surface area (Å²) in [5, 5.41) is 7.46. The van der Waals surface area contributed by atoms with E-state index in [1.54, 1.807) is 0 Å². The number of hydrogen-bond donors (Lipinski definition) is 2. The molecule has 1 atom stereocenters. The molecule has 0 aliphatic carbocycles. The van der Waals surface area contributed by atoms with Gasteiger partial charge in [0, 0.05) is 5.02 Å². The van der Waals surface area contributed by atoms with Crippen molar-refractivity contribution in [3.05, 3.63) is 28.8 Å². The smallest absolute Gasteiger partial charge is 0.335 e. The lowest BCUT2D eigenvalue weighted by Crippen LogP contribution is -2.33. The molecule has 0 aromatic heterocycles. The second-order valence-electron chi connectivity index (χ2n) is 3.85. The van der Waals surface area contributed by atoms with Crippen LogP contribution in [0.5, 0.6) is 0 Å². The molecule has 0 aliphatic heterocycles. The summed E-state index contributed by atoms with van der Waals surface area (Å²) in [5.74, 6) is -2.19. The lowest BCUT2D eigenvalue weighted by molar-refractivity contribution is -0.139. The average Bonchev–Trinajstić information content (AvgIpc) is 2.35. The maximum atomic E-state index is 11.9. The summed E-state index contributed by atoms with van der Waals surface area (Å²) >= 11 is 5.70. The molecule has 0 bridgehead atoms. The fourth-order valence-corrected chi connectivity index (χ4v) is 2.53. The Bertz CT molecular complexity index is 642. The number of sulfonamides is 1. The maximum absolute atomic E-state index is 11.9. The number of esters is 1. The molecule has 0 radical (unpaired) electrons. The zero-order valence-corrected chi connectivity index (χ0v) is 12.2. The Morgan fingerprint density at radius 2 is 1.95 bits per heavy atom. The van der Waals surface area contributed by atoms with Crippen molar-refractivity contribution in [2.75, 3.05) is 11.8 Å². The van der Waals surface area contributed by atoms with Crippen molar-refractivity contribution in [1.82, 2.24) is 0 Å². The molecule has 0 aliphatic rings. The molecule has 1 rings (SSSR count). The highest BCUT2D eigenvalue weighted by molar-refractivity contribution is 7.94. The van der Waals surface area contributed by atoms with Gasteiger partial charge in [0.05, 0.1) is 18.4 Å². The van der Waals surface area contributed by atoms with E-state index in [0.29, 0.717) is 0 Å². The summed E-state index contributed by atoms with van der Waals surface area (Å²) in [4.78, 5) is 22.1. The number of hydrogen-bond acceptors (Lipinski definition) is 5. The highest BCUT2D eigenvalue weighted by atomic mass is 35.5. The van der Waals surface area contributed by atoms with Crippen LogP contribution in [0.3, 0.4) is 0 Å². The van der Waals surface area contributed by atoms with E-state index in [9.17, 15) is 18.0 Å². The third kappa shape index (κ3) is 3.84. The molecular weight excluding hydrogens is 310 g/mol. The summed E-state index contributed by atoms with van der Waals surface area (Å²) < 4.78 is 30.2. The lowest BCUT2D eigenvalue weighted by atomic mass is 10.2. The molecule has 20 heavy (non-hydrogen) atoms. The first-order valence-electron chi connectivity index (χ1n) is 5.30. The fraction of sp³-hybridized carbons (Fsp3) is 0.273. The molecule has 2 N–H and O–H groups in total.